The van der Waals surface area contributed by atoms with E-state index < -0.39 is 0 Å². The van der Waals surface area contributed by atoms with E-state index in [0.29, 0.717) is 6.04 Å². The highest BCUT2D eigenvalue weighted by Gasteiger charge is 2.20. The van der Waals surface area contributed by atoms with Crippen molar-refractivity contribution in [3.8, 4) is 0 Å². The SMILES string of the molecule is CN=C(NCCCc1nnc2ccccn12)NC1CCN(c2ccccn2)CC1. The second-order valence-corrected chi connectivity index (χ2v) is 7.24. The molecule has 2 N–H and O–H groups in total. The van der Waals surface area contributed by atoms with Crippen molar-refractivity contribution in [3.63, 3.8) is 0 Å². The molecule has 1 aliphatic heterocycles. The van der Waals surface area contributed by atoms with Gasteiger partial charge in [-0.25, -0.2) is 4.98 Å². The fourth-order valence-corrected chi connectivity index (χ4v) is 3.70. The highest BCUT2D eigenvalue weighted by atomic mass is 15.2. The van der Waals surface area contributed by atoms with E-state index in [2.05, 4.69) is 41.8 Å². The number of piperidine rings is 1. The smallest absolute Gasteiger partial charge is 0.191 e. The number of nitrogens with one attached hydrogen (secondary N) is 2. The summed E-state index contributed by atoms with van der Waals surface area (Å²) in [5, 5.41) is 15.5. The van der Waals surface area contributed by atoms with Gasteiger partial charge in [0.2, 0.25) is 0 Å². The monoisotopic (exact) mass is 392 g/mol. The van der Waals surface area contributed by atoms with Crippen molar-refractivity contribution in [2.45, 2.75) is 31.7 Å². The number of fused-ring (bicyclic) bond motifs is 1. The zero-order chi connectivity index (χ0) is 19.9. The summed E-state index contributed by atoms with van der Waals surface area (Å²) in [5.74, 6) is 2.93. The van der Waals surface area contributed by atoms with Crippen LogP contribution in [0, 0.1) is 0 Å². The van der Waals surface area contributed by atoms with Gasteiger partial charge >= 0.3 is 0 Å². The maximum atomic E-state index is 4.45. The van der Waals surface area contributed by atoms with Gasteiger partial charge in [-0.2, -0.15) is 0 Å². The first kappa shape index (κ1) is 19.2. The van der Waals surface area contributed by atoms with E-state index in [1.807, 2.05) is 54.2 Å². The first-order valence-corrected chi connectivity index (χ1v) is 10.3. The molecular weight excluding hydrogens is 364 g/mol. The van der Waals surface area contributed by atoms with E-state index >= 15 is 0 Å². The van der Waals surface area contributed by atoms with E-state index in [9.17, 15) is 0 Å². The molecule has 0 saturated carbocycles. The molecule has 1 saturated heterocycles. The van der Waals surface area contributed by atoms with Gasteiger partial charge in [-0.3, -0.25) is 9.39 Å². The number of aromatic nitrogens is 4. The molecule has 0 radical (unpaired) electrons. The first-order valence-electron chi connectivity index (χ1n) is 10.3. The van der Waals surface area contributed by atoms with Gasteiger partial charge in [0, 0.05) is 51.5 Å². The Hall–Kier alpha value is -3.16. The second-order valence-electron chi connectivity index (χ2n) is 7.24. The van der Waals surface area contributed by atoms with Crippen LogP contribution < -0.4 is 15.5 Å². The molecule has 0 amide bonds. The molecule has 4 heterocycles. The van der Waals surface area contributed by atoms with E-state index in [4.69, 9.17) is 0 Å². The molecule has 8 heteroatoms. The van der Waals surface area contributed by atoms with Crippen LogP contribution in [0.2, 0.25) is 0 Å². The molecule has 1 aliphatic rings. The van der Waals surface area contributed by atoms with E-state index in [1.165, 1.54) is 0 Å². The van der Waals surface area contributed by atoms with Crippen molar-refractivity contribution in [2.24, 2.45) is 4.99 Å². The molecule has 0 aromatic carbocycles. The van der Waals surface area contributed by atoms with Crippen LogP contribution in [-0.4, -0.2) is 58.3 Å². The number of aryl methyl sites for hydroxylation is 1. The molecule has 29 heavy (non-hydrogen) atoms. The van der Waals surface area contributed by atoms with Crippen LogP contribution in [0.15, 0.2) is 53.8 Å². The largest absolute Gasteiger partial charge is 0.356 e. The van der Waals surface area contributed by atoms with Gasteiger partial charge in [-0.1, -0.05) is 12.1 Å². The summed E-state index contributed by atoms with van der Waals surface area (Å²) in [5.41, 5.74) is 0.894. The maximum Gasteiger partial charge on any atom is 0.191 e. The van der Waals surface area contributed by atoms with Gasteiger partial charge in [0.1, 0.15) is 11.6 Å². The Kier molecular flexibility index (Phi) is 6.19. The lowest BCUT2D eigenvalue weighted by Crippen LogP contribution is -2.49. The van der Waals surface area contributed by atoms with Gasteiger partial charge < -0.3 is 15.5 Å². The van der Waals surface area contributed by atoms with E-state index in [-0.39, 0.29) is 0 Å². The number of aliphatic imine (C=N–C) groups is 1. The lowest BCUT2D eigenvalue weighted by atomic mass is 10.1. The van der Waals surface area contributed by atoms with Crippen molar-refractivity contribution in [1.82, 2.24) is 30.2 Å². The second kappa shape index (κ2) is 9.36. The van der Waals surface area contributed by atoms with Gasteiger partial charge in [-0.15, -0.1) is 10.2 Å². The quantitative estimate of drug-likeness (QED) is 0.379. The minimum Gasteiger partial charge on any atom is -0.356 e. The Balaban J connectivity index is 1.19. The van der Waals surface area contributed by atoms with Gasteiger partial charge in [0.15, 0.2) is 11.6 Å². The average molecular weight is 393 g/mol. The fraction of sp³-hybridized carbons (Fsp3) is 0.429. The molecule has 0 atom stereocenters. The van der Waals surface area contributed by atoms with Gasteiger partial charge in [-0.05, 0) is 43.5 Å². The Morgan fingerprint density at radius 3 is 2.79 bits per heavy atom. The summed E-state index contributed by atoms with van der Waals surface area (Å²) in [7, 11) is 1.82. The Morgan fingerprint density at radius 2 is 2.00 bits per heavy atom. The maximum absolute atomic E-state index is 4.45. The zero-order valence-corrected chi connectivity index (χ0v) is 16.8. The molecule has 0 unspecified atom stereocenters. The molecule has 0 aliphatic carbocycles. The summed E-state index contributed by atoms with van der Waals surface area (Å²) < 4.78 is 2.04. The van der Waals surface area contributed by atoms with Crippen molar-refractivity contribution >= 4 is 17.4 Å². The Bertz CT molecular complexity index is 928. The van der Waals surface area contributed by atoms with E-state index in [0.717, 1.165) is 68.6 Å². The fourth-order valence-electron chi connectivity index (χ4n) is 3.70. The van der Waals surface area contributed by atoms with Gasteiger partial charge in [0.05, 0.1) is 0 Å². The molecule has 1 fully saturated rings. The number of rotatable bonds is 6. The summed E-state index contributed by atoms with van der Waals surface area (Å²) in [4.78, 5) is 11.2. The predicted octanol–water partition coefficient (Wildman–Crippen LogP) is 1.89. The van der Waals surface area contributed by atoms with Crippen molar-refractivity contribution in [2.75, 3.05) is 31.6 Å². The summed E-state index contributed by atoms with van der Waals surface area (Å²) in [6.07, 6.45) is 7.85. The van der Waals surface area contributed by atoms with Crippen LogP contribution in [0.25, 0.3) is 5.65 Å². The average Bonchev–Trinajstić information content (AvgIpc) is 3.20. The third kappa shape index (κ3) is 4.82. The summed E-state index contributed by atoms with van der Waals surface area (Å²) in [6.45, 7) is 2.85. The van der Waals surface area contributed by atoms with Crippen LogP contribution in [0.1, 0.15) is 25.1 Å². The zero-order valence-electron chi connectivity index (χ0n) is 16.8. The predicted molar refractivity (Wildman–Crippen MR) is 115 cm³/mol. The minimum absolute atomic E-state index is 0.432. The molecule has 3 aromatic rings. The van der Waals surface area contributed by atoms with Crippen LogP contribution >= 0.6 is 0 Å². The molecular formula is C21H28N8. The molecule has 152 valence electrons. The number of hydrogen-bond acceptors (Lipinski definition) is 5. The van der Waals surface area contributed by atoms with Crippen LogP contribution in [-0.2, 0) is 6.42 Å². The third-order valence-electron chi connectivity index (χ3n) is 5.29. The third-order valence-corrected chi connectivity index (χ3v) is 5.29. The van der Waals surface area contributed by atoms with Crippen LogP contribution in [0.3, 0.4) is 0 Å². The minimum atomic E-state index is 0.432. The van der Waals surface area contributed by atoms with Crippen molar-refractivity contribution in [1.29, 1.82) is 0 Å². The van der Waals surface area contributed by atoms with E-state index in [1.54, 1.807) is 0 Å². The Labute approximate surface area is 171 Å². The lowest BCUT2D eigenvalue weighted by Gasteiger charge is -2.33. The van der Waals surface area contributed by atoms with Crippen LogP contribution in [0.5, 0.6) is 0 Å². The molecule has 3 aromatic heterocycles. The highest BCUT2D eigenvalue weighted by molar-refractivity contribution is 5.79. The summed E-state index contributed by atoms with van der Waals surface area (Å²) in [6, 6.07) is 12.5. The number of guanidine groups is 1. The molecule has 0 spiro atoms. The number of nitrogens with zero attached hydrogens (tertiary/aromatic N) is 6. The normalized spacial score (nSPS) is 15.6. The highest BCUT2D eigenvalue weighted by Crippen LogP contribution is 2.17. The lowest BCUT2D eigenvalue weighted by molar-refractivity contribution is 0.459. The molecule has 8 nitrogen and oxygen atoms in total. The summed E-state index contributed by atoms with van der Waals surface area (Å²) >= 11 is 0. The van der Waals surface area contributed by atoms with Crippen molar-refractivity contribution < 1.29 is 0 Å². The number of anilines is 1. The molecule has 0 bridgehead atoms. The van der Waals surface area contributed by atoms with Crippen LogP contribution in [0.4, 0.5) is 5.82 Å². The standard InChI is InChI=1S/C21H28N8/c1-22-21(24-13-6-9-20-27-26-19-8-3-5-14-29(19)20)25-17-10-15-28(16-11-17)18-7-2-4-12-23-18/h2-5,7-8,12,14,17H,6,9-11,13,15-16H2,1H3,(H2,22,24,25). The Morgan fingerprint density at radius 1 is 1.14 bits per heavy atom. The van der Waals surface area contributed by atoms with Gasteiger partial charge in [0.25, 0.3) is 0 Å². The topological polar surface area (TPSA) is 82.7 Å². The first-order chi connectivity index (χ1) is 14.3. The molecule has 4 rings (SSSR count). The van der Waals surface area contributed by atoms with Crippen molar-refractivity contribution in [3.05, 3.63) is 54.6 Å². The number of hydrogen-bond donors (Lipinski definition) is 2. The number of pyridine rings is 2.